The molecule has 6 rings (SSSR count). The zero-order chi connectivity index (χ0) is 22.9. The lowest BCUT2D eigenvalue weighted by Gasteiger charge is -2.05. The van der Waals surface area contributed by atoms with Crippen LogP contribution in [0.15, 0.2) is 67.4 Å². The SMILES string of the molecule is CCNCc1cncc(-c2ccc3[nH]nc(-c4nc5c(-c6cccnc6)nccc5[nH]4)c3n2)c1. The van der Waals surface area contributed by atoms with Crippen molar-refractivity contribution in [2.45, 2.75) is 13.5 Å². The molecule has 3 N–H and O–H groups in total. The van der Waals surface area contributed by atoms with E-state index >= 15 is 0 Å². The van der Waals surface area contributed by atoms with Crippen molar-refractivity contribution in [3.8, 4) is 34.0 Å². The molecule has 0 amide bonds. The van der Waals surface area contributed by atoms with Crippen LogP contribution in [0.5, 0.6) is 0 Å². The number of pyridine rings is 4. The fourth-order valence-corrected chi connectivity index (χ4v) is 3.98. The van der Waals surface area contributed by atoms with Crippen LogP contribution in [-0.4, -0.2) is 46.6 Å². The first kappa shape index (κ1) is 20.1. The molecule has 6 aromatic heterocycles. The van der Waals surface area contributed by atoms with Gasteiger partial charge in [-0.15, -0.1) is 0 Å². The van der Waals surface area contributed by atoms with Crippen molar-refractivity contribution in [3.63, 3.8) is 0 Å². The molecule has 0 unspecified atom stereocenters. The zero-order valence-corrected chi connectivity index (χ0v) is 18.4. The Kier molecular flexibility index (Phi) is 5.00. The van der Waals surface area contributed by atoms with Gasteiger partial charge in [-0.25, -0.2) is 9.97 Å². The molecule has 6 aromatic rings. The summed E-state index contributed by atoms with van der Waals surface area (Å²) in [4.78, 5) is 26.3. The van der Waals surface area contributed by atoms with E-state index in [1.807, 2.05) is 42.7 Å². The standard InChI is InChI=1S/C25H21N9/c1-2-26-11-15-10-17(14-28-12-15)18-5-6-20-23(30-18)24(34-33-20)25-31-19-7-9-29-21(22(19)32-25)16-4-3-8-27-13-16/h3-10,12-14,26H,2,11H2,1H3,(H,31,32)(H,33,34). The summed E-state index contributed by atoms with van der Waals surface area (Å²) < 4.78 is 0. The number of H-pyrrole nitrogens is 2. The van der Waals surface area contributed by atoms with E-state index in [1.165, 1.54) is 0 Å². The lowest BCUT2D eigenvalue weighted by Crippen LogP contribution is -2.11. The third-order valence-electron chi connectivity index (χ3n) is 5.64. The van der Waals surface area contributed by atoms with E-state index in [0.29, 0.717) is 11.5 Å². The van der Waals surface area contributed by atoms with Crippen LogP contribution >= 0.6 is 0 Å². The number of imidazole rings is 1. The summed E-state index contributed by atoms with van der Waals surface area (Å²) in [6.45, 7) is 3.76. The van der Waals surface area contributed by atoms with E-state index in [2.05, 4.69) is 48.4 Å². The monoisotopic (exact) mass is 447 g/mol. The van der Waals surface area contributed by atoms with Gasteiger partial charge >= 0.3 is 0 Å². The predicted octanol–water partition coefficient (Wildman–Crippen LogP) is 4.13. The molecule has 0 fully saturated rings. The zero-order valence-electron chi connectivity index (χ0n) is 18.4. The number of rotatable bonds is 6. The van der Waals surface area contributed by atoms with Gasteiger partial charge in [-0.05, 0) is 48.5 Å². The lowest BCUT2D eigenvalue weighted by atomic mass is 10.1. The van der Waals surface area contributed by atoms with Gasteiger partial charge in [0.2, 0.25) is 0 Å². The smallest absolute Gasteiger partial charge is 0.161 e. The van der Waals surface area contributed by atoms with Crippen molar-refractivity contribution in [2.75, 3.05) is 6.54 Å². The molecule has 0 saturated carbocycles. The fraction of sp³-hybridized carbons (Fsp3) is 0.120. The van der Waals surface area contributed by atoms with E-state index in [0.717, 1.165) is 63.2 Å². The molecule has 0 aliphatic rings. The fourth-order valence-electron chi connectivity index (χ4n) is 3.98. The molecule has 0 aliphatic carbocycles. The second kappa shape index (κ2) is 8.45. The van der Waals surface area contributed by atoms with Gasteiger partial charge in [0, 0.05) is 48.7 Å². The van der Waals surface area contributed by atoms with Gasteiger partial charge in [0.15, 0.2) is 11.5 Å². The Bertz CT molecular complexity index is 1600. The first-order valence-electron chi connectivity index (χ1n) is 11.1. The summed E-state index contributed by atoms with van der Waals surface area (Å²) in [5.41, 5.74) is 8.43. The number of aromatic nitrogens is 8. The number of hydrogen-bond acceptors (Lipinski definition) is 7. The van der Waals surface area contributed by atoms with E-state index < -0.39 is 0 Å². The molecular formula is C25H21N9. The van der Waals surface area contributed by atoms with Crippen LogP contribution in [0.1, 0.15) is 12.5 Å². The molecule has 0 radical (unpaired) electrons. The van der Waals surface area contributed by atoms with Crippen LogP contribution in [0, 0.1) is 0 Å². The number of nitrogens with one attached hydrogen (secondary N) is 3. The minimum Gasteiger partial charge on any atom is -0.336 e. The van der Waals surface area contributed by atoms with Gasteiger partial charge in [-0.1, -0.05) is 6.92 Å². The van der Waals surface area contributed by atoms with E-state index in [4.69, 9.17) is 9.97 Å². The average Bonchev–Trinajstić information content (AvgIpc) is 3.51. The Morgan fingerprint density at radius 3 is 2.65 bits per heavy atom. The Balaban J connectivity index is 1.44. The first-order valence-corrected chi connectivity index (χ1v) is 11.1. The number of fused-ring (bicyclic) bond motifs is 2. The summed E-state index contributed by atoms with van der Waals surface area (Å²) in [5, 5.41) is 10.9. The first-order chi connectivity index (χ1) is 16.8. The highest BCUT2D eigenvalue weighted by Gasteiger charge is 2.17. The molecule has 0 spiro atoms. The van der Waals surface area contributed by atoms with Crippen molar-refractivity contribution >= 4 is 22.1 Å². The van der Waals surface area contributed by atoms with Crippen LogP contribution < -0.4 is 5.32 Å². The molecule has 166 valence electrons. The second-order valence-corrected chi connectivity index (χ2v) is 7.91. The highest BCUT2D eigenvalue weighted by Crippen LogP contribution is 2.30. The highest BCUT2D eigenvalue weighted by atomic mass is 15.2. The Hall–Kier alpha value is -4.50. The topological polar surface area (TPSA) is 121 Å². The van der Waals surface area contributed by atoms with Crippen molar-refractivity contribution in [1.29, 1.82) is 0 Å². The maximum absolute atomic E-state index is 4.91. The summed E-state index contributed by atoms with van der Waals surface area (Å²) in [7, 11) is 0. The minimum atomic E-state index is 0.628. The molecule has 0 atom stereocenters. The van der Waals surface area contributed by atoms with Gasteiger partial charge in [0.05, 0.1) is 22.4 Å². The van der Waals surface area contributed by atoms with Crippen LogP contribution in [0.25, 0.3) is 56.1 Å². The van der Waals surface area contributed by atoms with E-state index in [-0.39, 0.29) is 0 Å². The van der Waals surface area contributed by atoms with Crippen molar-refractivity contribution in [1.82, 2.24) is 45.4 Å². The van der Waals surface area contributed by atoms with Gasteiger partial charge < -0.3 is 10.3 Å². The molecule has 0 aromatic carbocycles. The minimum absolute atomic E-state index is 0.628. The summed E-state index contributed by atoms with van der Waals surface area (Å²) in [5.74, 6) is 0.628. The normalized spacial score (nSPS) is 11.4. The number of aromatic amines is 2. The van der Waals surface area contributed by atoms with Crippen molar-refractivity contribution in [3.05, 3.63) is 72.9 Å². The Labute approximate surface area is 194 Å². The summed E-state index contributed by atoms with van der Waals surface area (Å²) in [6, 6.07) is 11.8. The molecule has 9 nitrogen and oxygen atoms in total. The molecule has 9 heteroatoms. The van der Waals surface area contributed by atoms with Gasteiger partial charge in [-0.2, -0.15) is 5.10 Å². The number of hydrogen-bond donors (Lipinski definition) is 3. The molecule has 0 aliphatic heterocycles. The van der Waals surface area contributed by atoms with Crippen LogP contribution in [0.4, 0.5) is 0 Å². The van der Waals surface area contributed by atoms with Gasteiger partial charge in [0.1, 0.15) is 11.0 Å². The molecular weight excluding hydrogens is 426 g/mol. The Morgan fingerprint density at radius 2 is 1.76 bits per heavy atom. The third kappa shape index (κ3) is 3.57. The third-order valence-corrected chi connectivity index (χ3v) is 5.64. The lowest BCUT2D eigenvalue weighted by molar-refractivity contribution is 0.724. The quantitative estimate of drug-likeness (QED) is 0.351. The summed E-state index contributed by atoms with van der Waals surface area (Å²) in [6.07, 6.45) is 8.99. The van der Waals surface area contributed by atoms with Gasteiger partial charge in [0.25, 0.3) is 0 Å². The molecule has 6 heterocycles. The molecule has 0 saturated heterocycles. The van der Waals surface area contributed by atoms with Crippen LogP contribution in [-0.2, 0) is 6.54 Å². The van der Waals surface area contributed by atoms with Gasteiger partial charge in [-0.3, -0.25) is 20.1 Å². The maximum Gasteiger partial charge on any atom is 0.161 e. The van der Waals surface area contributed by atoms with Crippen LogP contribution in [0.2, 0.25) is 0 Å². The highest BCUT2D eigenvalue weighted by molar-refractivity contribution is 5.94. The van der Waals surface area contributed by atoms with Crippen LogP contribution in [0.3, 0.4) is 0 Å². The largest absolute Gasteiger partial charge is 0.336 e. The summed E-state index contributed by atoms with van der Waals surface area (Å²) >= 11 is 0. The molecule has 0 bridgehead atoms. The van der Waals surface area contributed by atoms with Crippen molar-refractivity contribution in [2.24, 2.45) is 0 Å². The van der Waals surface area contributed by atoms with E-state index in [1.54, 1.807) is 18.6 Å². The average molecular weight is 448 g/mol. The second-order valence-electron chi connectivity index (χ2n) is 7.91. The Morgan fingerprint density at radius 1 is 0.853 bits per heavy atom. The van der Waals surface area contributed by atoms with E-state index in [9.17, 15) is 0 Å². The molecule has 34 heavy (non-hydrogen) atoms. The van der Waals surface area contributed by atoms with Crippen molar-refractivity contribution < 1.29 is 0 Å². The number of nitrogens with zero attached hydrogens (tertiary/aromatic N) is 6. The predicted molar refractivity (Wildman–Crippen MR) is 131 cm³/mol. The maximum atomic E-state index is 4.91.